The van der Waals surface area contributed by atoms with E-state index in [0.717, 1.165) is 5.92 Å². The van der Waals surface area contributed by atoms with Crippen molar-refractivity contribution in [3.05, 3.63) is 0 Å². The summed E-state index contributed by atoms with van der Waals surface area (Å²) < 4.78 is 0. The van der Waals surface area contributed by atoms with Gasteiger partial charge in [0.15, 0.2) is 0 Å². The molecule has 2 N–H and O–H groups in total. The molecule has 0 aliphatic rings. The summed E-state index contributed by atoms with van der Waals surface area (Å²) in [6.07, 6.45) is 3.02. The zero-order valence-electron chi connectivity index (χ0n) is 7.57. The topological polar surface area (TPSA) is 24.1 Å². The molecule has 2 nitrogen and oxygen atoms in total. The summed E-state index contributed by atoms with van der Waals surface area (Å²) in [7, 11) is 3.99. The molecule has 0 saturated carbocycles. The third kappa shape index (κ3) is 3.18. The molecular formula is C8H20N2. The fourth-order valence-corrected chi connectivity index (χ4v) is 1.34. The highest BCUT2D eigenvalue weighted by atomic mass is 15.1. The average molecular weight is 144 g/mol. The monoisotopic (exact) mass is 144 g/mol. The zero-order chi connectivity index (χ0) is 7.98. The second-order valence-corrected chi connectivity index (χ2v) is 2.82. The van der Waals surface area contributed by atoms with Crippen LogP contribution in [-0.2, 0) is 0 Å². The molecule has 0 radical (unpaired) electrons. The summed E-state index contributed by atoms with van der Waals surface area (Å²) in [5.41, 5.74) is 0. The lowest BCUT2D eigenvalue weighted by molar-refractivity contribution is 0.335. The first-order valence-corrected chi connectivity index (χ1v) is 4.10. The summed E-state index contributed by atoms with van der Waals surface area (Å²) >= 11 is 0. The Morgan fingerprint density at radius 1 is 1.20 bits per heavy atom. The molecule has 0 amide bonds. The molecule has 1 unspecified atom stereocenters. The van der Waals surface area contributed by atoms with Crippen LogP contribution >= 0.6 is 0 Å². The van der Waals surface area contributed by atoms with E-state index in [0.29, 0.717) is 6.17 Å². The van der Waals surface area contributed by atoms with Crippen LogP contribution in [0, 0.1) is 5.92 Å². The van der Waals surface area contributed by atoms with Crippen LogP contribution in [0.2, 0.25) is 0 Å². The molecular weight excluding hydrogens is 124 g/mol. The summed E-state index contributed by atoms with van der Waals surface area (Å²) in [6.45, 7) is 4.49. The van der Waals surface area contributed by atoms with Gasteiger partial charge in [-0.1, -0.05) is 20.3 Å². The van der Waals surface area contributed by atoms with E-state index in [1.54, 1.807) is 0 Å². The summed E-state index contributed by atoms with van der Waals surface area (Å²) in [5, 5.41) is 6.45. The quantitative estimate of drug-likeness (QED) is 0.566. The van der Waals surface area contributed by atoms with Crippen molar-refractivity contribution < 1.29 is 0 Å². The van der Waals surface area contributed by atoms with Crippen LogP contribution in [0.3, 0.4) is 0 Å². The Kier molecular flexibility index (Phi) is 5.64. The fraction of sp³-hybridized carbons (Fsp3) is 1.00. The summed E-state index contributed by atoms with van der Waals surface area (Å²) in [6, 6.07) is 0. The van der Waals surface area contributed by atoms with Gasteiger partial charge in [-0.25, -0.2) is 0 Å². The molecule has 0 spiro atoms. The molecule has 0 aromatic rings. The molecule has 0 aliphatic heterocycles. The van der Waals surface area contributed by atoms with Crippen LogP contribution in [-0.4, -0.2) is 20.3 Å². The Labute approximate surface area is 64.4 Å². The van der Waals surface area contributed by atoms with Gasteiger partial charge in [0, 0.05) is 0 Å². The van der Waals surface area contributed by atoms with E-state index in [1.807, 2.05) is 14.1 Å². The Bertz CT molecular complexity index is 69.7. The molecule has 10 heavy (non-hydrogen) atoms. The van der Waals surface area contributed by atoms with Gasteiger partial charge in [0.1, 0.15) is 0 Å². The standard InChI is InChI=1S/C8H20N2/c1-5-6-7(2)8(9-3)10-4/h7-10H,5-6H2,1-4H3. The lowest BCUT2D eigenvalue weighted by atomic mass is 10.0. The second-order valence-electron chi connectivity index (χ2n) is 2.82. The van der Waals surface area contributed by atoms with Crippen LogP contribution < -0.4 is 10.6 Å². The maximum Gasteiger partial charge on any atom is 0.0593 e. The molecule has 62 valence electrons. The number of rotatable bonds is 5. The van der Waals surface area contributed by atoms with Crippen molar-refractivity contribution in [1.29, 1.82) is 0 Å². The minimum Gasteiger partial charge on any atom is -0.305 e. The van der Waals surface area contributed by atoms with Crippen LogP contribution in [0.5, 0.6) is 0 Å². The highest BCUT2D eigenvalue weighted by Crippen LogP contribution is 2.07. The molecule has 1 atom stereocenters. The summed E-state index contributed by atoms with van der Waals surface area (Å²) in [5.74, 6) is 0.722. The highest BCUT2D eigenvalue weighted by Gasteiger charge is 2.10. The molecule has 0 bridgehead atoms. The lowest BCUT2D eigenvalue weighted by Gasteiger charge is -2.22. The summed E-state index contributed by atoms with van der Waals surface area (Å²) in [4.78, 5) is 0. The van der Waals surface area contributed by atoms with Gasteiger partial charge in [0.2, 0.25) is 0 Å². The third-order valence-electron chi connectivity index (χ3n) is 1.94. The molecule has 2 heteroatoms. The molecule has 0 aliphatic carbocycles. The Balaban J connectivity index is 3.53. The largest absolute Gasteiger partial charge is 0.305 e. The predicted molar refractivity (Wildman–Crippen MR) is 46.0 cm³/mol. The SMILES string of the molecule is CCCC(C)C(NC)NC. The van der Waals surface area contributed by atoms with Crippen LogP contribution in [0.1, 0.15) is 26.7 Å². The minimum absolute atomic E-state index is 0.472. The van der Waals surface area contributed by atoms with E-state index in [1.165, 1.54) is 12.8 Å². The fourth-order valence-electron chi connectivity index (χ4n) is 1.34. The molecule has 0 heterocycles. The normalized spacial score (nSPS) is 14.1. The molecule has 0 fully saturated rings. The van der Waals surface area contributed by atoms with Gasteiger partial charge >= 0.3 is 0 Å². The minimum atomic E-state index is 0.472. The van der Waals surface area contributed by atoms with Crippen molar-refractivity contribution in [3.8, 4) is 0 Å². The smallest absolute Gasteiger partial charge is 0.0593 e. The van der Waals surface area contributed by atoms with Gasteiger partial charge in [-0.3, -0.25) is 0 Å². The molecule has 0 rings (SSSR count). The predicted octanol–water partition coefficient (Wildman–Crippen LogP) is 1.19. The van der Waals surface area contributed by atoms with Gasteiger partial charge in [0.25, 0.3) is 0 Å². The van der Waals surface area contributed by atoms with Gasteiger partial charge < -0.3 is 10.6 Å². The van der Waals surface area contributed by atoms with Crippen molar-refractivity contribution in [2.75, 3.05) is 14.1 Å². The highest BCUT2D eigenvalue weighted by molar-refractivity contribution is 4.66. The van der Waals surface area contributed by atoms with Crippen molar-refractivity contribution in [2.24, 2.45) is 5.92 Å². The molecule has 0 aromatic heterocycles. The first-order valence-electron chi connectivity index (χ1n) is 4.10. The van der Waals surface area contributed by atoms with Gasteiger partial charge in [-0.15, -0.1) is 0 Å². The maximum absolute atomic E-state index is 3.23. The Morgan fingerprint density at radius 3 is 2.00 bits per heavy atom. The van der Waals surface area contributed by atoms with Crippen molar-refractivity contribution in [2.45, 2.75) is 32.9 Å². The molecule has 0 aromatic carbocycles. The Hall–Kier alpha value is -0.0800. The first-order chi connectivity index (χ1) is 4.76. The third-order valence-corrected chi connectivity index (χ3v) is 1.94. The van der Waals surface area contributed by atoms with Crippen LogP contribution in [0.4, 0.5) is 0 Å². The average Bonchev–Trinajstić information content (AvgIpc) is 1.91. The number of nitrogens with one attached hydrogen (secondary N) is 2. The van der Waals surface area contributed by atoms with E-state index < -0.39 is 0 Å². The van der Waals surface area contributed by atoms with Crippen molar-refractivity contribution >= 4 is 0 Å². The van der Waals surface area contributed by atoms with E-state index in [2.05, 4.69) is 24.5 Å². The van der Waals surface area contributed by atoms with Crippen LogP contribution in [0.25, 0.3) is 0 Å². The molecule has 0 saturated heterocycles. The number of hydrogen-bond acceptors (Lipinski definition) is 2. The zero-order valence-corrected chi connectivity index (χ0v) is 7.57. The van der Waals surface area contributed by atoms with E-state index in [-0.39, 0.29) is 0 Å². The van der Waals surface area contributed by atoms with Crippen LogP contribution in [0.15, 0.2) is 0 Å². The maximum atomic E-state index is 3.23. The number of hydrogen-bond donors (Lipinski definition) is 2. The van der Waals surface area contributed by atoms with Gasteiger partial charge in [0.05, 0.1) is 6.17 Å². The Morgan fingerprint density at radius 2 is 1.70 bits per heavy atom. The van der Waals surface area contributed by atoms with Crippen molar-refractivity contribution in [3.63, 3.8) is 0 Å². The first kappa shape index (κ1) is 9.92. The second kappa shape index (κ2) is 5.69. The van der Waals surface area contributed by atoms with Gasteiger partial charge in [-0.05, 0) is 26.4 Å². The van der Waals surface area contributed by atoms with Gasteiger partial charge in [-0.2, -0.15) is 0 Å². The van der Waals surface area contributed by atoms with E-state index in [9.17, 15) is 0 Å². The lowest BCUT2D eigenvalue weighted by Crippen LogP contribution is -2.42. The van der Waals surface area contributed by atoms with E-state index >= 15 is 0 Å². The van der Waals surface area contributed by atoms with E-state index in [4.69, 9.17) is 0 Å². The van der Waals surface area contributed by atoms with Crippen molar-refractivity contribution in [1.82, 2.24) is 10.6 Å².